The summed E-state index contributed by atoms with van der Waals surface area (Å²) in [7, 11) is 0. The molecule has 144 valence electrons. The highest BCUT2D eigenvalue weighted by Crippen LogP contribution is 2.54. The van der Waals surface area contributed by atoms with E-state index in [4.69, 9.17) is 4.74 Å². The van der Waals surface area contributed by atoms with Gasteiger partial charge in [0.05, 0.1) is 12.2 Å². The Kier molecular flexibility index (Phi) is 5.25. The zero-order valence-corrected chi connectivity index (χ0v) is 16.0. The zero-order valence-electron chi connectivity index (χ0n) is 16.0. The van der Waals surface area contributed by atoms with Crippen LogP contribution in [-0.2, 0) is 17.7 Å². The normalized spacial score (nSPS) is 19.0. The lowest BCUT2D eigenvalue weighted by Gasteiger charge is -2.30. The molecule has 1 aromatic heterocycles. The van der Waals surface area contributed by atoms with Gasteiger partial charge >= 0.3 is 0 Å². The van der Waals surface area contributed by atoms with Gasteiger partial charge in [0.2, 0.25) is 0 Å². The van der Waals surface area contributed by atoms with E-state index in [9.17, 15) is 4.79 Å². The maximum absolute atomic E-state index is 12.8. The summed E-state index contributed by atoms with van der Waals surface area (Å²) in [5.41, 5.74) is 2.80. The van der Waals surface area contributed by atoms with Gasteiger partial charge in [0.1, 0.15) is 0 Å². The monoisotopic (exact) mass is 368 g/mol. The van der Waals surface area contributed by atoms with E-state index in [-0.39, 0.29) is 11.3 Å². The van der Waals surface area contributed by atoms with Crippen LogP contribution in [0.5, 0.6) is 0 Å². The van der Waals surface area contributed by atoms with Crippen LogP contribution in [0, 0.1) is 11.3 Å². The molecule has 1 N–H and O–H groups in total. The van der Waals surface area contributed by atoms with Gasteiger partial charge in [-0.2, -0.15) is 0 Å². The van der Waals surface area contributed by atoms with Gasteiger partial charge in [-0.05, 0) is 49.0 Å². The predicted octanol–water partition coefficient (Wildman–Crippen LogP) is 2.83. The highest BCUT2D eigenvalue weighted by atomic mass is 16.5. The van der Waals surface area contributed by atoms with Crippen molar-refractivity contribution in [3.05, 3.63) is 47.3 Å². The molecular weight excluding hydrogens is 340 g/mol. The molecule has 0 radical (unpaired) electrons. The van der Waals surface area contributed by atoms with Gasteiger partial charge in [-0.25, -0.2) is 4.68 Å². The molecule has 1 saturated heterocycles. The molecule has 2 fully saturated rings. The highest BCUT2D eigenvalue weighted by Gasteiger charge is 2.49. The summed E-state index contributed by atoms with van der Waals surface area (Å²) in [5.74, 6) is 0.579. The molecule has 0 unspecified atom stereocenters. The molecule has 0 spiro atoms. The first-order chi connectivity index (χ1) is 13.2. The Hall–Kier alpha value is -2.21. The average Bonchev–Trinajstić information content (AvgIpc) is 3.41. The summed E-state index contributed by atoms with van der Waals surface area (Å²) in [6.45, 7) is 5.13. The van der Waals surface area contributed by atoms with Crippen LogP contribution in [0.2, 0.25) is 0 Å². The fraction of sp³-hybridized carbons (Fsp3) is 0.571. The number of hydrogen-bond donors (Lipinski definition) is 1. The molecule has 1 aliphatic heterocycles. The van der Waals surface area contributed by atoms with E-state index < -0.39 is 0 Å². The summed E-state index contributed by atoms with van der Waals surface area (Å²) in [4.78, 5) is 12.8. The Morgan fingerprint density at radius 2 is 2.00 bits per heavy atom. The standard InChI is InChI=1S/C21H28N4O2/c1-2-18-19(23-24-25(18)14-16-6-4-3-5-7-16)20(26)22-15-21(10-11-21)17-8-12-27-13-9-17/h3-7,17H,2,8-15H2,1H3,(H,22,26). The van der Waals surface area contributed by atoms with Crippen LogP contribution in [-0.4, -0.2) is 40.7 Å². The van der Waals surface area contributed by atoms with Crippen molar-refractivity contribution in [3.63, 3.8) is 0 Å². The predicted molar refractivity (Wildman–Crippen MR) is 102 cm³/mol. The quantitative estimate of drug-likeness (QED) is 0.816. The lowest BCUT2D eigenvalue weighted by molar-refractivity contribution is 0.0404. The lowest BCUT2D eigenvalue weighted by Crippen LogP contribution is -2.36. The maximum Gasteiger partial charge on any atom is 0.273 e. The molecule has 2 aromatic rings. The molecule has 0 atom stereocenters. The van der Waals surface area contributed by atoms with Crippen LogP contribution in [0.15, 0.2) is 30.3 Å². The van der Waals surface area contributed by atoms with Gasteiger partial charge in [-0.3, -0.25) is 4.79 Å². The molecule has 1 amide bonds. The summed E-state index contributed by atoms with van der Waals surface area (Å²) < 4.78 is 7.33. The van der Waals surface area contributed by atoms with Crippen LogP contribution >= 0.6 is 0 Å². The topological polar surface area (TPSA) is 69.0 Å². The summed E-state index contributed by atoms with van der Waals surface area (Å²) >= 11 is 0. The highest BCUT2D eigenvalue weighted by molar-refractivity contribution is 5.93. The van der Waals surface area contributed by atoms with Gasteiger partial charge in [0.15, 0.2) is 5.69 Å². The summed E-state index contributed by atoms with van der Waals surface area (Å²) in [5, 5.41) is 11.6. The van der Waals surface area contributed by atoms with Gasteiger partial charge in [0, 0.05) is 19.8 Å². The second-order valence-corrected chi connectivity index (χ2v) is 7.81. The fourth-order valence-corrected chi connectivity index (χ4v) is 4.28. The number of ether oxygens (including phenoxy) is 1. The van der Waals surface area contributed by atoms with Crippen molar-refractivity contribution in [2.24, 2.45) is 11.3 Å². The van der Waals surface area contributed by atoms with Crippen molar-refractivity contribution in [2.75, 3.05) is 19.8 Å². The van der Waals surface area contributed by atoms with Crippen LogP contribution < -0.4 is 5.32 Å². The van der Waals surface area contributed by atoms with Gasteiger partial charge in [0.25, 0.3) is 5.91 Å². The third-order valence-electron chi connectivity index (χ3n) is 6.14. The summed E-state index contributed by atoms with van der Waals surface area (Å²) in [6.07, 6.45) is 5.37. The first kappa shape index (κ1) is 18.2. The van der Waals surface area contributed by atoms with Crippen molar-refractivity contribution in [1.29, 1.82) is 0 Å². The third kappa shape index (κ3) is 3.90. The minimum Gasteiger partial charge on any atom is -0.381 e. The van der Waals surface area contributed by atoms with Crippen LogP contribution in [0.3, 0.4) is 0 Å². The molecule has 27 heavy (non-hydrogen) atoms. The number of carbonyl (C=O) groups excluding carboxylic acids is 1. The van der Waals surface area contributed by atoms with Gasteiger partial charge in [-0.1, -0.05) is 42.5 Å². The van der Waals surface area contributed by atoms with Gasteiger partial charge in [-0.15, -0.1) is 5.10 Å². The maximum atomic E-state index is 12.8. The van der Waals surface area contributed by atoms with E-state index in [1.165, 1.54) is 12.8 Å². The number of nitrogens with one attached hydrogen (secondary N) is 1. The largest absolute Gasteiger partial charge is 0.381 e. The van der Waals surface area contributed by atoms with E-state index in [0.29, 0.717) is 18.2 Å². The number of carbonyl (C=O) groups is 1. The van der Waals surface area contributed by atoms with Crippen LogP contribution in [0.1, 0.15) is 54.4 Å². The number of benzene rings is 1. The van der Waals surface area contributed by atoms with Crippen molar-refractivity contribution in [1.82, 2.24) is 20.3 Å². The van der Waals surface area contributed by atoms with E-state index in [0.717, 1.165) is 50.3 Å². The van der Waals surface area contributed by atoms with Crippen molar-refractivity contribution < 1.29 is 9.53 Å². The number of amides is 1. The van der Waals surface area contributed by atoms with Gasteiger partial charge < -0.3 is 10.1 Å². The van der Waals surface area contributed by atoms with E-state index >= 15 is 0 Å². The SMILES string of the molecule is CCc1c(C(=O)NCC2(C3CCOCC3)CC2)nnn1Cc1ccccc1. The molecule has 2 aliphatic rings. The first-order valence-corrected chi connectivity index (χ1v) is 10.0. The average molecular weight is 368 g/mol. The zero-order chi connectivity index (χ0) is 18.7. The van der Waals surface area contributed by atoms with Crippen LogP contribution in [0.25, 0.3) is 0 Å². The lowest BCUT2D eigenvalue weighted by atomic mass is 9.83. The van der Waals surface area contributed by atoms with Crippen molar-refractivity contribution in [3.8, 4) is 0 Å². The first-order valence-electron chi connectivity index (χ1n) is 10.0. The number of nitrogens with zero attached hydrogens (tertiary/aromatic N) is 3. The number of rotatable bonds is 7. The molecule has 1 aromatic carbocycles. The smallest absolute Gasteiger partial charge is 0.273 e. The molecular formula is C21H28N4O2. The third-order valence-corrected chi connectivity index (χ3v) is 6.14. The van der Waals surface area contributed by atoms with E-state index in [1.807, 2.05) is 29.8 Å². The second-order valence-electron chi connectivity index (χ2n) is 7.81. The Morgan fingerprint density at radius 3 is 2.67 bits per heavy atom. The number of aromatic nitrogens is 3. The van der Waals surface area contributed by atoms with E-state index in [2.05, 4.69) is 27.8 Å². The molecule has 0 bridgehead atoms. The fourth-order valence-electron chi connectivity index (χ4n) is 4.28. The van der Waals surface area contributed by atoms with Crippen molar-refractivity contribution in [2.45, 2.75) is 45.6 Å². The molecule has 6 nitrogen and oxygen atoms in total. The van der Waals surface area contributed by atoms with Crippen molar-refractivity contribution >= 4 is 5.91 Å². The molecule has 1 aliphatic carbocycles. The minimum absolute atomic E-state index is 0.0931. The van der Waals surface area contributed by atoms with Crippen LogP contribution in [0.4, 0.5) is 0 Å². The summed E-state index contributed by atoms with van der Waals surface area (Å²) in [6, 6.07) is 10.1. The molecule has 4 rings (SSSR count). The molecule has 1 saturated carbocycles. The molecule has 2 heterocycles. The Labute approximate surface area is 160 Å². The second kappa shape index (κ2) is 7.80. The Morgan fingerprint density at radius 1 is 1.26 bits per heavy atom. The molecule has 6 heteroatoms. The minimum atomic E-state index is -0.0931. The Balaban J connectivity index is 1.41. The number of hydrogen-bond acceptors (Lipinski definition) is 4. The Bertz CT molecular complexity index is 777. The van der Waals surface area contributed by atoms with E-state index in [1.54, 1.807) is 0 Å².